The number of carbonyl (C=O) groups excluding carboxylic acids is 1. The third kappa shape index (κ3) is 1.50. The highest BCUT2D eigenvalue weighted by molar-refractivity contribution is 8.06. The smallest absolute Gasteiger partial charge is 0.346 e. The van der Waals surface area contributed by atoms with Gasteiger partial charge in [0, 0.05) is 0 Å². The van der Waals surface area contributed by atoms with Crippen molar-refractivity contribution >= 4 is 29.5 Å². The zero-order valence-electron chi connectivity index (χ0n) is 6.05. The average Bonchev–Trinajstić information content (AvgIpc) is 2.29. The molecule has 1 aliphatic rings. The lowest BCUT2D eigenvalue weighted by molar-refractivity contribution is -0.139. The first-order valence-corrected chi connectivity index (χ1v) is 3.93. The molecule has 6 nitrogen and oxygen atoms in total. The molecule has 1 atom stereocenters. The molecule has 7 heteroatoms. The number of thioether (sulfide) groups is 1. The van der Waals surface area contributed by atoms with E-state index < -0.39 is 33.6 Å². The van der Waals surface area contributed by atoms with Gasteiger partial charge in [0.2, 0.25) is 5.78 Å². The van der Waals surface area contributed by atoms with Gasteiger partial charge < -0.3 is 15.3 Å². The molecule has 13 heavy (non-hydrogen) atoms. The number of aliphatic carboxylic acids is 2. The number of carboxylic acids is 2. The topological polar surface area (TPSA) is 112 Å². The van der Waals surface area contributed by atoms with Gasteiger partial charge in [-0.25, -0.2) is 4.79 Å². The minimum atomic E-state index is -1.54. The standard InChI is InChI=1S/C6H4O6S/c7-1-2(8)4(6(11)12)13-3(1)5(9)10/h3,8H,(H,9,10)(H,11,12). The highest BCUT2D eigenvalue weighted by Gasteiger charge is 2.41. The highest BCUT2D eigenvalue weighted by Crippen LogP contribution is 2.33. The number of carbonyl (C=O) groups is 3. The molecule has 1 unspecified atom stereocenters. The molecule has 70 valence electrons. The van der Waals surface area contributed by atoms with Gasteiger partial charge in [0.25, 0.3) is 0 Å². The first-order valence-electron chi connectivity index (χ1n) is 3.05. The van der Waals surface area contributed by atoms with E-state index in [1.807, 2.05) is 0 Å². The number of allylic oxidation sites excluding steroid dienone is 1. The van der Waals surface area contributed by atoms with Crippen LogP contribution in [-0.4, -0.2) is 38.3 Å². The van der Waals surface area contributed by atoms with E-state index in [0.29, 0.717) is 11.8 Å². The quantitative estimate of drug-likeness (QED) is 0.525. The first-order chi connectivity index (χ1) is 5.95. The Morgan fingerprint density at radius 2 is 1.85 bits per heavy atom. The minimum absolute atomic E-state index is 0.324. The van der Waals surface area contributed by atoms with Crippen LogP contribution >= 0.6 is 11.8 Å². The molecule has 0 saturated carbocycles. The lowest BCUT2D eigenvalue weighted by atomic mass is 10.2. The van der Waals surface area contributed by atoms with Gasteiger partial charge in [-0.1, -0.05) is 11.8 Å². The van der Waals surface area contributed by atoms with E-state index in [-0.39, 0.29) is 0 Å². The second-order valence-corrected chi connectivity index (χ2v) is 3.30. The molecular formula is C6H4O6S. The highest BCUT2D eigenvalue weighted by atomic mass is 32.2. The number of hydrogen-bond acceptors (Lipinski definition) is 5. The van der Waals surface area contributed by atoms with Crippen LogP contribution < -0.4 is 0 Å². The molecule has 0 aromatic rings. The van der Waals surface area contributed by atoms with Crippen molar-refractivity contribution in [3.63, 3.8) is 0 Å². The maximum absolute atomic E-state index is 10.9. The fourth-order valence-corrected chi connectivity index (χ4v) is 1.65. The van der Waals surface area contributed by atoms with Crippen LogP contribution in [0.1, 0.15) is 0 Å². The number of rotatable bonds is 2. The van der Waals surface area contributed by atoms with Crippen molar-refractivity contribution in [1.29, 1.82) is 0 Å². The summed E-state index contributed by atoms with van der Waals surface area (Å²) in [5.41, 5.74) is 0. The summed E-state index contributed by atoms with van der Waals surface area (Å²) in [4.78, 5) is 31.0. The maximum Gasteiger partial charge on any atom is 0.346 e. The summed E-state index contributed by atoms with van der Waals surface area (Å²) < 4.78 is 0. The van der Waals surface area contributed by atoms with Crippen LogP contribution in [0.25, 0.3) is 0 Å². The normalized spacial score (nSPS) is 22.2. The summed E-state index contributed by atoms with van der Waals surface area (Å²) in [5, 5.41) is 24.2. The predicted octanol–water partition coefficient (Wildman–Crippen LogP) is -0.390. The Balaban J connectivity index is 2.99. The second-order valence-electron chi connectivity index (χ2n) is 2.18. The Morgan fingerprint density at radius 3 is 2.08 bits per heavy atom. The van der Waals surface area contributed by atoms with Gasteiger partial charge in [0.15, 0.2) is 11.0 Å². The molecule has 0 saturated heterocycles. The molecule has 0 fully saturated rings. The van der Waals surface area contributed by atoms with E-state index in [2.05, 4.69) is 0 Å². The number of hydrogen-bond donors (Lipinski definition) is 3. The van der Waals surface area contributed by atoms with Crippen molar-refractivity contribution in [2.75, 3.05) is 0 Å². The number of ketones is 1. The summed E-state index contributed by atoms with van der Waals surface area (Å²) in [6.45, 7) is 0. The van der Waals surface area contributed by atoms with Crippen LogP contribution in [0.2, 0.25) is 0 Å². The van der Waals surface area contributed by atoms with Crippen molar-refractivity contribution in [3.05, 3.63) is 10.7 Å². The van der Waals surface area contributed by atoms with E-state index in [1.165, 1.54) is 0 Å². The van der Waals surface area contributed by atoms with Gasteiger partial charge in [-0.3, -0.25) is 9.59 Å². The molecule has 0 aromatic carbocycles. The molecule has 0 aliphatic carbocycles. The van der Waals surface area contributed by atoms with Crippen LogP contribution in [0.4, 0.5) is 0 Å². The van der Waals surface area contributed by atoms with Gasteiger partial charge in [-0.2, -0.15) is 0 Å². The average molecular weight is 204 g/mol. The van der Waals surface area contributed by atoms with Gasteiger partial charge >= 0.3 is 11.9 Å². The molecule has 1 rings (SSSR count). The maximum atomic E-state index is 10.9. The van der Waals surface area contributed by atoms with E-state index in [9.17, 15) is 14.4 Å². The molecule has 0 spiro atoms. The van der Waals surface area contributed by atoms with Crippen LogP contribution in [0, 0.1) is 0 Å². The minimum Gasteiger partial charge on any atom is -0.503 e. The molecule has 0 aromatic heterocycles. The Kier molecular flexibility index (Phi) is 2.28. The fourth-order valence-electron chi connectivity index (χ4n) is 0.778. The molecule has 0 bridgehead atoms. The Bertz CT molecular complexity index is 330. The van der Waals surface area contributed by atoms with Crippen molar-refractivity contribution in [2.24, 2.45) is 0 Å². The Hall–Kier alpha value is -1.50. The molecular weight excluding hydrogens is 200 g/mol. The van der Waals surface area contributed by atoms with E-state index in [4.69, 9.17) is 15.3 Å². The second kappa shape index (κ2) is 3.09. The van der Waals surface area contributed by atoms with Crippen molar-refractivity contribution < 1.29 is 29.7 Å². The summed E-state index contributed by atoms with van der Waals surface area (Å²) in [7, 11) is 0. The molecule has 1 aliphatic heterocycles. The van der Waals surface area contributed by atoms with Crippen LogP contribution in [0.3, 0.4) is 0 Å². The largest absolute Gasteiger partial charge is 0.503 e. The third-order valence-electron chi connectivity index (χ3n) is 1.34. The van der Waals surface area contributed by atoms with Crippen LogP contribution in [-0.2, 0) is 14.4 Å². The van der Waals surface area contributed by atoms with Gasteiger partial charge in [0.05, 0.1) is 0 Å². The predicted molar refractivity (Wildman–Crippen MR) is 41.3 cm³/mol. The van der Waals surface area contributed by atoms with Crippen molar-refractivity contribution in [3.8, 4) is 0 Å². The Morgan fingerprint density at radius 1 is 1.31 bits per heavy atom. The third-order valence-corrected chi connectivity index (χ3v) is 2.60. The number of carboxylic acid groups (broad SMARTS) is 2. The van der Waals surface area contributed by atoms with Gasteiger partial charge in [0.1, 0.15) is 4.91 Å². The van der Waals surface area contributed by atoms with E-state index in [0.717, 1.165) is 0 Å². The van der Waals surface area contributed by atoms with E-state index in [1.54, 1.807) is 0 Å². The number of Topliss-reactive ketones (excluding diaryl/α,β-unsaturated/α-hetero) is 1. The zero-order chi connectivity index (χ0) is 10.2. The molecule has 0 amide bonds. The summed E-state index contributed by atoms with van der Waals surface area (Å²) >= 11 is 0.324. The van der Waals surface area contributed by atoms with E-state index >= 15 is 0 Å². The zero-order valence-corrected chi connectivity index (χ0v) is 6.87. The summed E-state index contributed by atoms with van der Waals surface area (Å²) in [6, 6.07) is 0. The van der Waals surface area contributed by atoms with Crippen LogP contribution in [0.15, 0.2) is 10.7 Å². The summed E-state index contributed by atoms with van der Waals surface area (Å²) in [5.74, 6) is -5.02. The molecule has 0 radical (unpaired) electrons. The van der Waals surface area contributed by atoms with Crippen molar-refractivity contribution in [2.45, 2.75) is 5.25 Å². The SMILES string of the molecule is O=C(O)C1=C(O)C(=O)C(C(=O)O)S1. The van der Waals surface area contributed by atoms with Crippen molar-refractivity contribution in [1.82, 2.24) is 0 Å². The lowest BCUT2D eigenvalue weighted by Crippen LogP contribution is -2.23. The molecule has 3 N–H and O–H groups in total. The lowest BCUT2D eigenvalue weighted by Gasteiger charge is -1.98. The van der Waals surface area contributed by atoms with Gasteiger partial charge in [-0.05, 0) is 0 Å². The number of aliphatic hydroxyl groups excluding tert-OH is 1. The molecule has 1 heterocycles. The Labute approximate surface area is 75.9 Å². The number of aliphatic hydroxyl groups is 1. The first kappa shape index (κ1) is 9.59. The van der Waals surface area contributed by atoms with Gasteiger partial charge in [-0.15, -0.1) is 0 Å². The fraction of sp³-hybridized carbons (Fsp3) is 0.167. The van der Waals surface area contributed by atoms with Crippen LogP contribution in [0.5, 0.6) is 0 Å². The summed E-state index contributed by atoms with van der Waals surface area (Å²) in [6.07, 6.45) is 0. The monoisotopic (exact) mass is 204 g/mol.